The van der Waals surface area contributed by atoms with Gasteiger partial charge >= 0.3 is 0 Å². The number of nitrogens with two attached hydrogens (primary N) is 1. The summed E-state index contributed by atoms with van der Waals surface area (Å²) in [4.78, 5) is 12.2. The minimum atomic E-state index is -0.117. The lowest BCUT2D eigenvalue weighted by molar-refractivity contribution is 0.102. The van der Waals surface area contributed by atoms with Gasteiger partial charge in [-0.1, -0.05) is 17.7 Å². The van der Waals surface area contributed by atoms with Crippen LogP contribution in [0.25, 0.3) is 0 Å². The summed E-state index contributed by atoms with van der Waals surface area (Å²) in [5.74, 6) is -0.117. The number of carbonyl (C=O) groups excluding carboxylic acids is 1. The first-order valence-electron chi connectivity index (χ1n) is 5.91. The SMILES string of the molecule is Cc1ccc(C(=O)Nc2ccc(N)c(Br)c2)c(C)c1. The van der Waals surface area contributed by atoms with Gasteiger partial charge in [0, 0.05) is 21.4 Å². The van der Waals surface area contributed by atoms with Gasteiger partial charge in [0.1, 0.15) is 0 Å². The molecule has 0 aliphatic rings. The van der Waals surface area contributed by atoms with Crippen molar-refractivity contribution in [2.24, 2.45) is 0 Å². The zero-order valence-electron chi connectivity index (χ0n) is 10.8. The summed E-state index contributed by atoms with van der Waals surface area (Å²) in [5, 5.41) is 2.86. The van der Waals surface area contributed by atoms with Crippen LogP contribution < -0.4 is 11.1 Å². The number of carbonyl (C=O) groups is 1. The van der Waals surface area contributed by atoms with E-state index in [-0.39, 0.29) is 5.91 Å². The highest BCUT2D eigenvalue weighted by Gasteiger charge is 2.09. The number of hydrogen-bond donors (Lipinski definition) is 2. The monoisotopic (exact) mass is 318 g/mol. The average molecular weight is 319 g/mol. The second kappa shape index (κ2) is 5.45. The van der Waals surface area contributed by atoms with Gasteiger partial charge in [-0.05, 0) is 59.6 Å². The van der Waals surface area contributed by atoms with E-state index in [1.807, 2.05) is 32.0 Å². The van der Waals surface area contributed by atoms with Gasteiger partial charge in [-0.25, -0.2) is 0 Å². The number of rotatable bonds is 2. The highest BCUT2D eigenvalue weighted by Crippen LogP contribution is 2.23. The average Bonchev–Trinajstić information content (AvgIpc) is 2.33. The van der Waals surface area contributed by atoms with E-state index < -0.39 is 0 Å². The standard InChI is InChI=1S/C15H15BrN2O/c1-9-3-5-12(10(2)7-9)15(19)18-11-4-6-14(17)13(16)8-11/h3-8H,17H2,1-2H3,(H,18,19). The number of nitrogens with one attached hydrogen (secondary N) is 1. The molecule has 0 aliphatic heterocycles. The Morgan fingerprint density at radius 1 is 1.16 bits per heavy atom. The second-order valence-corrected chi connectivity index (χ2v) is 5.36. The predicted molar refractivity (Wildman–Crippen MR) is 82.4 cm³/mol. The van der Waals surface area contributed by atoms with Gasteiger partial charge in [-0.2, -0.15) is 0 Å². The smallest absolute Gasteiger partial charge is 0.255 e. The molecule has 0 aliphatic carbocycles. The Bertz CT molecular complexity index is 638. The highest BCUT2D eigenvalue weighted by atomic mass is 79.9. The maximum Gasteiger partial charge on any atom is 0.255 e. The van der Waals surface area contributed by atoms with Gasteiger partial charge in [-0.15, -0.1) is 0 Å². The van der Waals surface area contributed by atoms with Crippen molar-refractivity contribution in [3.8, 4) is 0 Å². The van der Waals surface area contributed by atoms with Crippen molar-refractivity contribution in [3.05, 3.63) is 57.6 Å². The molecule has 0 saturated carbocycles. The number of anilines is 2. The number of amides is 1. The van der Waals surface area contributed by atoms with Crippen LogP contribution in [0.5, 0.6) is 0 Å². The highest BCUT2D eigenvalue weighted by molar-refractivity contribution is 9.10. The quantitative estimate of drug-likeness (QED) is 0.825. The first-order chi connectivity index (χ1) is 8.97. The number of benzene rings is 2. The van der Waals surface area contributed by atoms with E-state index >= 15 is 0 Å². The topological polar surface area (TPSA) is 55.1 Å². The minimum Gasteiger partial charge on any atom is -0.398 e. The van der Waals surface area contributed by atoms with Crippen molar-refractivity contribution in [2.45, 2.75) is 13.8 Å². The molecule has 0 spiro atoms. The van der Waals surface area contributed by atoms with Crippen molar-refractivity contribution in [1.29, 1.82) is 0 Å². The number of aryl methyl sites for hydroxylation is 2. The lowest BCUT2D eigenvalue weighted by Crippen LogP contribution is -2.13. The van der Waals surface area contributed by atoms with Crippen LogP contribution in [0.3, 0.4) is 0 Å². The molecule has 0 bridgehead atoms. The molecule has 0 aromatic heterocycles. The fraction of sp³-hybridized carbons (Fsp3) is 0.133. The second-order valence-electron chi connectivity index (χ2n) is 4.51. The lowest BCUT2D eigenvalue weighted by atomic mass is 10.1. The Morgan fingerprint density at radius 2 is 1.89 bits per heavy atom. The summed E-state index contributed by atoms with van der Waals surface area (Å²) in [6, 6.07) is 11.1. The molecule has 0 saturated heterocycles. The fourth-order valence-corrected chi connectivity index (χ4v) is 2.25. The minimum absolute atomic E-state index is 0.117. The van der Waals surface area contributed by atoms with Crippen LogP contribution in [0.4, 0.5) is 11.4 Å². The Labute approximate surface area is 121 Å². The maximum atomic E-state index is 12.2. The molecule has 0 radical (unpaired) electrons. The van der Waals surface area contributed by atoms with Gasteiger partial charge in [0.05, 0.1) is 0 Å². The Hall–Kier alpha value is -1.81. The molecule has 0 unspecified atom stereocenters. The van der Waals surface area contributed by atoms with Crippen molar-refractivity contribution in [1.82, 2.24) is 0 Å². The van der Waals surface area contributed by atoms with E-state index in [1.54, 1.807) is 18.2 Å². The number of halogens is 1. The molecule has 3 N–H and O–H groups in total. The van der Waals surface area contributed by atoms with Crippen LogP contribution in [-0.2, 0) is 0 Å². The molecule has 4 heteroatoms. The summed E-state index contributed by atoms with van der Waals surface area (Å²) < 4.78 is 0.769. The third-order valence-electron chi connectivity index (χ3n) is 2.88. The van der Waals surface area contributed by atoms with Gasteiger partial charge < -0.3 is 11.1 Å². The molecule has 3 nitrogen and oxygen atoms in total. The molecule has 2 aromatic carbocycles. The normalized spacial score (nSPS) is 10.3. The fourth-order valence-electron chi connectivity index (χ4n) is 1.87. The van der Waals surface area contributed by atoms with E-state index in [9.17, 15) is 4.79 Å². The Morgan fingerprint density at radius 3 is 2.53 bits per heavy atom. The molecule has 0 fully saturated rings. The molecule has 98 valence electrons. The number of nitrogen functional groups attached to an aromatic ring is 1. The van der Waals surface area contributed by atoms with E-state index in [4.69, 9.17) is 5.73 Å². The van der Waals surface area contributed by atoms with Crippen LogP contribution in [0.1, 0.15) is 21.5 Å². The van der Waals surface area contributed by atoms with E-state index in [0.717, 1.165) is 15.6 Å². The Balaban J connectivity index is 2.23. The lowest BCUT2D eigenvalue weighted by Gasteiger charge is -2.09. The zero-order chi connectivity index (χ0) is 14.0. The van der Waals surface area contributed by atoms with Crippen molar-refractivity contribution < 1.29 is 4.79 Å². The molecule has 0 atom stereocenters. The van der Waals surface area contributed by atoms with Gasteiger partial charge in [0.2, 0.25) is 0 Å². The van der Waals surface area contributed by atoms with Crippen LogP contribution in [-0.4, -0.2) is 5.91 Å². The van der Waals surface area contributed by atoms with Crippen LogP contribution >= 0.6 is 15.9 Å². The van der Waals surface area contributed by atoms with Gasteiger partial charge in [-0.3, -0.25) is 4.79 Å². The summed E-state index contributed by atoms with van der Waals surface area (Å²) in [6.45, 7) is 3.94. The first-order valence-corrected chi connectivity index (χ1v) is 6.70. The zero-order valence-corrected chi connectivity index (χ0v) is 12.4. The van der Waals surface area contributed by atoms with E-state index in [2.05, 4.69) is 21.2 Å². The van der Waals surface area contributed by atoms with Crippen molar-refractivity contribution in [2.75, 3.05) is 11.1 Å². The maximum absolute atomic E-state index is 12.2. The molecule has 2 rings (SSSR count). The summed E-state index contributed by atoms with van der Waals surface area (Å²) in [6.07, 6.45) is 0. The summed E-state index contributed by atoms with van der Waals surface area (Å²) >= 11 is 3.34. The molecule has 2 aromatic rings. The van der Waals surface area contributed by atoms with Crippen molar-refractivity contribution in [3.63, 3.8) is 0 Å². The Kier molecular flexibility index (Phi) is 3.90. The molecule has 1 amide bonds. The van der Waals surface area contributed by atoms with Gasteiger partial charge in [0.15, 0.2) is 0 Å². The van der Waals surface area contributed by atoms with Crippen LogP contribution in [0.15, 0.2) is 40.9 Å². The summed E-state index contributed by atoms with van der Waals surface area (Å²) in [5.41, 5.74) is 9.86. The predicted octanol–water partition coefficient (Wildman–Crippen LogP) is 3.90. The molecule has 0 heterocycles. The van der Waals surface area contributed by atoms with E-state index in [1.165, 1.54) is 0 Å². The molecular formula is C15H15BrN2O. The van der Waals surface area contributed by atoms with Gasteiger partial charge in [0.25, 0.3) is 5.91 Å². The van der Waals surface area contributed by atoms with E-state index in [0.29, 0.717) is 16.9 Å². The first kappa shape index (κ1) is 13.6. The van der Waals surface area contributed by atoms with Crippen LogP contribution in [0, 0.1) is 13.8 Å². The molecular weight excluding hydrogens is 304 g/mol. The number of hydrogen-bond acceptors (Lipinski definition) is 2. The largest absolute Gasteiger partial charge is 0.398 e. The third kappa shape index (κ3) is 3.15. The van der Waals surface area contributed by atoms with Crippen LogP contribution in [0.2, 0.25) is 0 Å². The third-order valence-corrected chi connectivity index (χ3v) is 3.57. The van der Waals surface area contributed by atoms with Crippen molar-refractivity contribution >= 4 is 33.2 Å². The summed E-state index contributed by atoms with van der Waals surface area (Å²) in [7, 11) is 0. The molecule has 19 heavy (non-hydrogen) atoms.